The smallest absolute Gasteiger partial charge is 0.326 e. The molecular formula is C17H17F2NO4. The fourth-order valence-corrected chi connectivity index (χ4v) is 2.32. The van der Waals surface area contributed by atoms with Gasteiger partial charge in [-0.1, -0.05) is 30.3 Å². The second-order valence-corrected chi connectivity index (χ2v) is 5.34. The average Bonchev–Trinajstić information content (AvgIpc) is 2.82. The maximum Gasteiger partial charge on any atom is 0.326 e. The summed E-state index contributed by atoms with van der Waals surface area (Å²) in [7, 11) is 0. The van der Waals surface area contributed by atoms with Gasteiger partial charge in [0.1, 0.15) is 17.6 Å². The van der Waals surface area contributed by atoms with Crippen LogP contribution >= 0.6 is 0 Å². The number of carboxylic acids is 1. The molecule has 0 aliphatic heterocycles. The highest BCUT2D eigenvalue weighted by Gasteiger charge is 2.28. The molecule has 2 rings (SSSR count). The summed E-state index contributed by atoms with van der Waals surface area (Å²) in [5.74, 6) is -1.48. The SMILES string of the molecule is Cc1oc(-c2ccccc2)c(C(=O)NC(CC(F)F)C(=O)O)c1C. The molecule has 0 fully saturated rings. The molecule has 0 saturated carbocycles. The number of aryl methyl sites for hydroxylation is 1. The standard InChI is InChI=1S/C17H17F2NO4/c1-9-10(2)24-15(11-6-4-3-5-7-11)14(9)16(21)20-12(17(22)23)8-13(18)19/h3-7,12-13H,8H2,1-2H3,(H,20,21)(H,22,23). The quantitative estimate of drug-likeness (QED) is 0.847. The van der Waals surface area contributed by atoms with Crippen LogP contribution in [0, 0.1) is 13.8 Å². The van der Waals surface area contributed by atoms with Crippen LogP contribution in [0.1, 0.15) is 28.1 Å². The van der Waals surface area contributed by atoms with Crippen molar-refractivity contribution in [3.05, 3.63) is 47.2 Å². The fraction of sp³-hybridized carbons (Fsp3) is 0.294. The van der Waals surface area contributed by atoms with Gasteiger partial charge in [0, 0.05) is 17.5 Å². The van der Waals surface area contributed by atoms with Gasteiger partial charge in [-0.05, 0) is 13.8 Å². The van der Waals surface area contributed by atoms with Crippen molar-refractivity contribution >= 4 is 11.9 Å². The highest BCUT2D eigenvalue weighted by molar-refractivity contribution is 6.02. The molecule has 0 radical (unpaired) electrons. The second kappa shape index (κ2) is 7.25. The molecule has 1 unspecified atom stereocenters. The van der Waals surface area contributed by atoms with Gasteiger partial charge >= 0.3 is 5.97 Å². The Balaban J connectivity index is 2.37. The number of amides is 1. The number of carbonyl (C=O) groups excluding carboxylic acids is 1. The zero-order valence-electron chi connectivity index (χ0n) is 13.2. The van der Waals surface area contributed by atoms with Crippen LogP contribution in [0.5, 0.6) is 0 Å². The van der Waals surface area contributed by atoms with Crippen LogP contribution in [0.25, 0.3) is 11.3 Å². The molecule has 7 heteroatoms. The van der Waals surface area contributed by atoms with E-state index < -0.39 is 30.8 Å². The molecule has 1 heterocycles. The normalized spacial score (nSPS) is 12.2. The van der Waals surface area contributed by atoms with Gasteiger partial charge < -0.3 is 14.8 Å². The molecule has 1 atom stereocenters. The molecule has 128 valence electrons. The van der Waals surface area contributed by atoms with Gasteiger partial charge in [0.05, 0.1) is 5.56 Å². The Morgan fingerprint density at radius 1 is 1.21 bits per heavy atom. The zero-order valence-corrected chi connectivity index (χ0v) is 13.2. The van der Waals surface area contributed by atoms with Crippen molar-refractivity contribution < 1.29 is 27.9 Å². The van der Waals surface area contributed by atoms with Crippen LogP contribution in [0.15, 0.2) is 34.7 Å². The van der Waals surface area contributed by atoms with E-state index in [-0.39, 0.29) is 11.3 Å². The van der Waals surface area contributed by atoms with Gasteiger partial charge in [-0.15, -0.1) is 0 Å². The number of nitrogens with one attached hydrogen (secondary N) is 1. The number of rotatable bonds is 6. The van der Waals surface area contributed by atoms with E-state index in [4.69, 9.17) is 9.52 Å². The molecule has 2 aromatic rings. The van der Waals surface area contributed by atoms with E-state index in [2.05, 4.69) is 5.32 Å². The molecule has 0 bridgehead atoms. The van der Waals surface area contributed by atoms with Crippen LogP contribution in [-0.4, -0.2) is 29.5 Å². The summed E-state index contributed by atoms with van der Waals surface area (Å²) in [4.78, 5) is 23.6. The molecule has 0 aliphatic carbocycles. The molecule has 0 saturated heterocycles. The highest BCUT2D eigenvalue weighted by Crippen LogP contribution is 2.31. The second-order valence-electron chi connectivity index (χ2n) is 5.34. The highest BCUT2D eigenvalue weighted by atomic mass is 19.3. The molecule has 1 aromatic carbocycles. The summed E-state index contributed by atoms with van der Waals surface area (Å²) >= 11 is 0. The number of carbonyl (C=O) groups is 2. The van der Waals surface area contributed by atoms with Crippen molar-refractivity contribution in [2.45, 2.75) is 32.7 Å². The first-order valence-electron chi connectivity index (χ1n) is 7.28. The topological polar surface area (TPSA) is 79.5 Å². The third-order valence-electron chi connectivity index (χ3n) is 3.67. The van der Waals surface area contributed by atoms with Gasteiger partial charge in [-0.2, -0.15) is 0 Å². The number of halogens is 2. The van der Waals surface area contributed by atoms with Crippen LogP contribution in [0.4, 0.5) is 8.78 Å². The van der Waals surface area contributed by atoms with E-state index in [9.17, 15) is 18.4 Å². The number of benzene rings is 1. The number of aliphatic carboxylic acids is 1. The molecule has 0 spiro atoms. The van der Waals surface area contributed by atoms with Crippen molar-refractivity contribution in [2.75, 3.05) is 0 Å². The number of carboxylic acid groups (broad SMARTS) is 1. The van der Waals surface area contributed by atoms with E-state index in [1.165, 1.54) is 0 Å². The first-order chi connectivity index (χ1) is 11.3. The summed E-state index contributed by atoms with van der Waals surface area (Å²) in [6.45, 7) is 3.33. The predicted octanol–water partition coefficient (Wildman–Crippen LogP) is 3.40. The maximum absolute atomic E-state index is 12.5. The van der Waals surface area contributed by atoms with Crippen molar-refractivity contribution in [2.24, 2.45) is 0 Å². The van der Waals surface area contributed by atoms with Crippen LogP contribution in [0.3, 0.4) is 0 Å². The molecular weight excluding hydrogens is 320 g/mol. The van der Waals surface area contributed by atoms with Gasteiger partial charge in [-0.25, -0.2) is 13.6 Å². The summed E-state index contributed by atoms with van der Waals surface area (Å²) < 4.78 is 30.6. The van der Waals surface area contributed by atoms with E-state index in [1.54, 1.807) is 44.2 Å². The first-order valence-corrected chi connectivity index (χ1v) is 7.28. The number of hydrogen-bond acceptors (Lipinski definition) is 3. The van der Waals surface area contributed by atoms with Gasteiger partial charge in [0.15, 0.2) is 0 Å². The minimum Gasteiger partial charge on any atom is -0.480 e. The Bertz CT molecular complexity index is 741. The van der Waals surface area contributed by atoms with Crippen molar-refractivity contribution in [1.82, 2.24) is 5.32 Å². The molecule has 1 aromatic heterocycles. The number of furan rings is 1. The van der Waals surface area contributed by atoms with E-state index in [0.717, 1.165) is 0 Å². The lowest BCUT2D eigenvalue weighted by Crippen LogP contribution is -2.42. The Morgan fingerprint density at radius 3 is 2.38 bits per heavy atom. The lowest BCUT2D eigenvalue weighted by atomic mass is 10.0. The van der Waals surface area contributed by atoms with Gasteiger partial charge in [-0.3, -0.25) is 4.79 Å². The van der Waals surface area contributed by atoms with Crippen molar-refractivity contribution in [1.29, 1.82) is 0 Å². The number of hydrogen-bond donors (Lipinski definition) is 2. The lowest BCUT2D eigenvalue weighted by molar-refractivity contribution is -0.140. The minimum absolute atomic E-state index is 0.152. The Kier molecular flexibility index (Phi) is 5.33. The first kappa shape index (κ1) is 17.7. The molecule has 5 nitrogen and oxygen atoms in total. The van der Waals surface area contributed by atoms with Gasteiger partial charge in [0.2, 0.25) is 6.43 Å². The third kappa shape index (κ3) is 3.79. The Labute approximate surface area is 137 Å². The van der Waals surface area contributed by atoms with E-state index in [1.807, 2.05) is 0 Å². The maximum atomic E-state index is 12.5. The van der Waals surface area contributed by atoms with E-state index >= 15 is 0 Å². The zero-order chi connectivity index (χ0) is 17.9. The van der Waals surface area contributed by atoms with Crippen LogP contribution in [-0.2, 0) is 4.79 Å². The predicted molar refractivity (Wildman–Crippen MR) is 83.1 cm³/mol. The Hall–Kier alpha value is -2.70. The fourth-order valence-electron chi connectivity index (χ4n) is 2.32. The van der Waals surface area contributed by atoms with E-state index in [0.29, 0.717) is 16.9 Å². The average molecular weight is 337 g/mol. The summed E-state index contributed by atoms with van der Waals surface area (Å²) in [5.41, 5.74) is 1.33. The summed E-state index contributed by atoms with van der Waals surface area (Å²) in [6, 6.07) is 7.14. The summed E-state index contributed by atoms with van der Waals surface area (Å²) in [6.07, 6.45) is -3.80. The van der Waals surface area contributed by atoms with Crippen molar-refractivity contribution in [3.63, 3.8) is 0 Å². The lowest BCUT2D eigenvalue weighted by Gasteiger charge is -2.14. The van der Waals surface area contributed by atoms with Crippen molar-refractivity contribution in [3.8, 4) is 11.3 Å². The Morgan fingerprint density at radius 2 is 1.83 bits per heavy atom. The molecule has 0 aliphatic rings. The molecule has 1 amide bonds. The summed E-state index contributed by atoms with van der Waals surface area (Å²) in [5, 5.41) is 11.2. The monoisotopic (exact) mass is 337 g/mol. The molecule has 24 heavy (non-hydrogen) atoms. The number of alkyl halides is 2. The van der Waals surface area contributed by atoms with Crippen LogP contribution in [0.2, 0.25) is 0 Å². The van der Waals surface area contributed by atoms with Gasteiger partial charge in [0.25, 0.3) is 5.91 Å². The van der Waals surface area contributed by atoms with Crippen LogP contribution < -0.4 is 5.32 Å². The third-order valence-corrected chi connectivity index (χ3v) is 3.67. The molecule has 2 N–H and O–H groups in total. The minimum atomic E-state index is -2.84. The largest absolute Gasteiger partial charge is 0.480 e.